The molecule has 12 heavy (non-hydrogen) atoms. The van der Waals surface area contributed by atoms with Crippen LogP contribution in [0.2, 0.25) is 0 Å². The van der Waals surface area contributed by atoms with Gasteiger partial charge in [-0.05, 0) is 31.8 Å². The van der Waals surface area contributed by atoms with Crippen molar-refractivity contribution in [2.45, 2.75) is 6.54 Å². The predicted molar refractivity (Wildman–Crippen MR) is 49.6 cm³/mol. The lowest BCUT2D eigenvalue weighted by Crippen LogP contribution is -2.27. The molecule has 1 aromatic rings. The van der Waals surface area contributed by atoms with E-state index in [1.54, 1.807) is 0 Å². The van der Waals surface area contributed by atoms with E-state index in [1.165, 1.54) is 5.56 Å². The Bertz CT molecular complexity index is 210. The summed E-state index contributed by atoms with van der Waals surface area (Å²) in [6.45, 7) is 1.87. The lowest BCUT2D eigenvalue weighted by Gasteiger charge is -2.15. The standard InChI is InChI=1S/C9H15N3/c1-10-8-12(2)7-9-3-5-11-6-4-9/h3-6,10H,7-8H2,1-2H3. The summed E-state index contributed by atoms with van der Waals surface area (Å²) in [5, 5.41) is 3.10. The number of hydrogen-bond acceptors (Lipinski definition) is 3. The highest BCUT2D eigenvalue weighted by atomic mass is 15.2. The van der Waals surface area contributed by atoms with Crippen LogP contribution < -0.4 is 5.32 Å². The van der Waals surface area contributed by atoms with Crippen LogP contribution >= 0.6 is 0 Å². The van der Waals surface area contributed by atoms with E-state index >= 15 is 0 Å². The number of pyridine rings is 1. The molecule has 0 atom stereocenters. The molecular formula is C9H15N3. The fourth-order valence-corrected chi connectivity index (χ4v) is 1.13. The number of nitrogens with one attached hydrogen (secondary N) is 1. The minimum absolute atomic E-state index is 0.905. The monoisotopic (exact) mass is 165 g/mol. The Balaban J connectivity index is 2.41. The third kappa shape index (κ3) is 2.98. The van der Waals surface area contributed by atoms with Crippen molar-refractivity contribution in [3.05, 3.63) is 30.1 Å². The third-order valence-electron chi connectivity index (χ3n) is 1.63. The molecule has 0 saturated carbocycles. The van der Waals surface area contributed by atoms with Crippen LogP contribution in [-0.2, 0) is 6.54 Å². The van der Waals surface area contributed by atoms with Crippen molar-refractivity contribution in [3.63, 3.8) is 0 Å². The quantitative estimate of drug-likeness (QED) is 0.665. The van der Waals surface area contributed by atoms with Gasteiger partial charge in [0.25, 0.3) is 0 Å². The molecule has 0 saturated heterocycles. The highest BCUT2D eigenvalue weighted by Gasteiger charge is 1.96. The van der Waals surface area contributed by atoms with Crippen LogP contribution in [0.25, 0.3) is 0 Å². The van der Waals surface area contributed by atoms with Crippen LogP contribution in [0.5, 0.6) is 0 Å². The fourth-order valence-electron chi connectivity index (χ4n) is 1.13. The summed E-state index contributed by atoms with van der Waals surface area (Å²) >= 11 is 0. The molecule has 1 rings (SSSR count). The molecule has 0 radical (unpaired) electrons. The van der Waals surface area contributed by atoms with Crippen LogP contribution in [0.4, 0.5) is 0 Å². The number of nitrogens with zero attached hydrogens (tertiary/aromatic N) is 2. The van der Waals surface area contributed by atoms with Gasteiger partial charge < -0.3 is 5.32 Å². The Labute approximate surface area is 73.4 Å². The van der Waals surface area contributed by atoms with Crippen molar-refractivity contribution < 1.29 is 0 Å². The van der Waals surface area contributed by atoms with Crippen molar-refractivity contribution in [2.75, 3.05) is 20.8 Å². The first-order valence-electron chi connectivity index (χ1n) is 4.05. The summed E-state index contributed by atoms with van der Waals surface area (Å²) in [6, 6.07) is 4.07. The molecule has 3 nitrogen and oxygen atoms in total. The smallest absolute Gasteiger partial charge is 0.0478 e. The molecule has 0 unspecified atom stereocenters. The topological polar surface area (TPSA) is 28.2 Å². The highest BCUT2D eigenvalue weighted by Crippen LogP contribution is 1.99. The molecule has 0 aliphatic carbocycles. The molecule has 0 amide bonds. The van der Waals surface area contributed by atoms with Crippen LogP contribution in [-0.4, -0.2) is 30.6 Å². The molecule has 1 heterocycles. The fraction of sp³-hybridized carbons (Fsp3) is 0.444. The Hall–Kier alpha value is -0.930. The van der Waals surface area contributed by atoms with E-state index in [9.17, 15) is 0 Å². The number of aromatic nitrogens is 1. The zero-order chi connectivity index (χ0) is 8.81. The van der Waals surface area contributed by atoms with Gasteiger partial charge in [-0.3, -0.25) is 9.88 Å². The second kappa shape index (κ2) is 4.85. The van der Waals surface area contributed by atoms with Gasteiger partial charge in [0.1, 0.15) is 0 Å². The largest absolute Gasteiger partial charge is 0.307 e. The molecule has 0 aliphatic rings. The molecular weight excluding hydrogens is 150 g/mol. The molecule has 66 valence electrons. The molecule has 1 N–H and O–H groups in total. The Morgan fingerprint density at radius 2 is 2.08 bits per heavy atom. The first-order valence-corrected chi connectivity index (χ1v) is 4.05. The van der Waals surface area contributed by atoms with Crippen LogP contribution in [0.1, 0.15) is 5.56 Å². The van der Waals surface area contributed by atoms with E-state index in [2.05, 4.69) is 22.2 Å². The normalized spacial score (nSPS) is 10.6. The average molecular weight is 165 g/mol. The number of hydrogen-bond donors (Lipinski definition) is 1. The summed E-state index contributed by atoms with van der Waals surface area (Å²) in [5.41, 5.74) is 1.29. The lowest BCUT2D eigenvalue weighted by molar-refractivity contribution is 0.310. The Morgan fingerprint density at radius 1 is 1.42 bits per heavy atom. The van der Waals surface area contributed by atoms with Gasteiger partial charge in [-0.15, -0.1) is 0 Å². The molecule has 0 spiro atoms. The van der Waals surface area contributed by atoms with Crippen molar-refractivity contribution in [2.24, 2.45) is 0 Å². The Kier molecular flexibility index (Phi) is 3.70. The summed E-state index contributed by atoms with van der Waals surface area (Å²) < 4.78 is 0. The maximum absolute atomic E-state index is 3.96. The van der Waals surface area contributed by atoms with Gasteiger partial charge in [-0.25, -0.2) is 0 Å². The van der Waals surface area contributed by atoms with Crippen LogP contribution in [0.3, 0.4) is 0 Å². The second-order valence-electron chi connectivity index (χ2n) is 2.88. The first-order chi connectivity index (χ1) is 5.83. The van der Waals surface area contributed by atoms with E-state index in [0.29, 0.717) is 0 Å². The van der Waals surface area contributed by atoms with Crippen LogP contribution in [0.15, 0.2) is 24.5 Å². The molecule has 0 fully saturated rings. The summed E-state index contributed by atoms with van der Waals surface area (Å²) in [6.07, 6.45) is 3.64. The third-order valence-corrected chi connectivity index (χ3v) is 1.63. The molecule has 0 aliphatic heterocycles. The molecule has 3 heteroatoms. The minimum Gasteiger partial charge on any atom is -0.307 e. The van der Waals surface area contributed by atoms with Crippen LogP contribution in [0, 0.1) is 0 Å². The van der Waals surface area contributed by atoms with E-state index in [1.807, 2.05) is 31.6 Å². The van der Waals surface area contributed by atoms with E-state index in [0.717, 1.165) is 13.2 Å². The van der Waals surface area contributed by atoms with Gasteiger partial charge >= 0.3 is 0 Å². The van der Waals surface area contributed by atoms with E-state index < -0.39 is 0 Å². The van der Waals surface area contributed by atoms with Crippen molar-refractivity contribution in [1.29, 1.82) is 0 Å². The van der Waals surface area contributed by atoms with Gasteiger partial charge in [-0.1, -0.05) is 0 Å². The highest BCUT2D eigenvalue weighted by molar-refractivity contribution is 5.08. The summed E-state index contributed by atoms with van der Waals surface area (Å²) in [5.74, 6) is 0. The maximum Gasteiger partial charge on any atom is 0.0478 e. The Morgan fingerprint density at radius 3 is 2.67 bits per heavy atom. The van der Waals surface area contributed by atoms with Crippen molar-refractivity contribution in [3.8, 4) is 0 Å². The SMILES string of the molecule is CNCN(C)Cc1ccncc1. The minimum atomic E-state index is 0.905. The van der Waals surface area contributed by atoms with Gasteiger partial charge in [0.2, 0.25) is 0 Å². The van der Waals surface area contributed by atoms with Gasteiger partial charge in [0, 0.05) is 25.6 Å². The van der Waals surface area contributed by atoms with Gasteiger partial charge in [0.15, 0.2) is 0 Å². The zero-order valence-electron chi connectivity index (χ0n) is 7.62. The zero-order valence-corrected chi connectivity index (χ0v) is 7.62. The maximum atomic E-state index is 3.96. The van der Waals surface area contributed by atoms with Crippen molar-refractivity contribution >= 4 is 0 Å². The molecule has 0 aromatic carbocycles. The van der Waals surface area contributed by atoms with Crippen molar-refractivity contribution in [1.82, 2.24) is 15.2 Å². The predicted octanol–water partition coefficient (Wildman–Crippen LogP) is 0.690. The summed E-state index contributed by atoms with van der Waals surface area (Å²) in [7, 11) is 4.03. The lowest BCUT2D eigenvalue weighted by atomic mass is 10.2. The van der Waals surface area contributed by atoms with E-state index in [4.69, 9.17) is 0 Å². The van der Waals surface area contributed by atoms with Gasteiger partial charge in [-0.2, -0.15) is 0 Å². The average Bonchev–Trinajstić information content (AvgIpc) is 2.06. The number of rotatable bonds is 4. The van der Waals surface area contributed by atoms with E-state index in [-0.39, 0.29) is 0 Å². The molecule has 0 bridgehead atoms. The van der Waals surface area contributed by atoms with Gasteiger partial charge in [0.05, 0.1) is 0 Å². The first kappa shape index (κ1) is 9.16. The second-order valence-corrected chi connectivity index (χ2v) is 2.88. The summed E-state index contributed by atoms with van der Waals surface area (Å²) in [4.78, 5) is 6.17. The molecule has 1 aromatic heterocycles.